The van der Waals surface area contributed by atoms with Gasteiger partial charge in [0.05, 0.1) is 16.6 Å². The molecule has 154 valence electrons. The first-order valence-electron chi connectivity index (χ1n) is 10.0. The number of amides is 1. The number of fused-ring (bicyclic) bond motifs is 1. The van der Waals surface area contributed by atoms with E-state index in [1.54, 1.807) is 18.5 Å². The van der Waals surface area contributed by atoms with Crippen molar-refractivity contribution in [1.82, 2.24) is 20.3 Å². The van der Waals surface area contributed by atoms with Crippen molar-refractivity contribution in [1.29, 1.82) is 0 Å². The van der Waals surface area contributed by atoms with Crippen LogP contribution in [0.1, 0.15) is 60.1 Å². The zero-order valence-electron chi connectivity index (χ0n) is 17.1. The summed E-state index contributed by atoms with van der Waals surface area (Å²) in [6.07, 6.45) is 7.31. The first-order valence-corrected chi connectivity index (χ1v) is 10.9. The molecule has 1 aliphatic rings. The maximum absolute atomic E-state index is 12.6. The minimum Gasteiger partial charge on any atom is -0.349 e. The summed E-state index contributed by atoms with van der Waals surface area (Å²) in [6, 6.07) is 7.26. The Morgan fingerprint density at radius 3 is 2.73 bits per heavy atom. The van der Waals surface area contributed by atoms with Gasteiger partial charge in [-0.3, -0.25) is 14.6 Å². The molecule has 1 atom stereocenters. The quantitative estimate of drug-likeness (QED) is 0.598. The lowest BCUT2D eigenvalue weighted by Crippen LogP contribution is -2.37. The summed E-state index contributed by atoms with van der Waals surface area (Å²) in [4.78, 5) is 38.8. The smallest absolute Gasteiger partial charge is 0.220 e. The molecule has 1 aliphatic carbocycles. The second-order valence-corrected chi connectivity index (χ2v) is 9.34. The second-order valence-electron chi connectivity index (χ2n) is 8.40. The summed E-state index contributed by atoms with van der Waals surface area (Å²) in [5.41, 5.74) is 2.85. The number of carbonyl (C=O) groups excluding carboxylic acids is 2. The predicted octanol–water partition coefficient (Wildman–Crippen LogP) is 4.39. The van der Waals surface area contributed by atoms with E-state index in [2.05, 4.69) is 29.1 Å². The lowest BCUT2D eigenvalue weighted by Gasteiger charge is -2.36. The molecule has 0 radical (unpaired) electrons. The van der Waals surface area contributed by atoms with Crippen LogP contribution in [0.15, 0.2) is 48.2 Å². The van der Waals surface area contributed by atoms with Crippen LogP contribution < -0.4 is 5.32 Å². The third kappa shape index (κ3) is 4.62. The van der Waals surface area contributed by atoms with Gasteiger partial charge in [-0.2, -0.15) is 0 Å². The van der Waals surface area contributed by atoms with Gasteiger partial charge in [0.1, 0.15) is 0 Å². The van der Waals surface area contributed by atoms with Crippen LogP contribution in [0.25, 0.3) is 11.4 Å². The molecule has 30 heavy (non-hydrogen) atoms. The number of carbonyl (C=O) groups is 2. The standard InChI is InChI=1S/C23H24N4O2S/c1-23(2)12-17(26-21(29)6-5-19(28)20-4-3-11-30-20)16-14-25-22(27-18(16)13-23)15-7-9-24-10-8-15/h3-4,7-11,14,17H,5-6,12-13H2,1-2H3,(H,26,29). The lowest BCUT2D eigenvalue weighted by molar-refractivity contribution is -0.122. The highest BCUT2D eigenvalue weighted by molar-refractivity contribution is 7.12. The first-order chi connectivity index (χ1) is 14.4. The van der Waals surface area contributed by atoms with Crippen molar-refractivity contribution < 1.29 is 9.59 Å². The van der Waals surface area contributed by atoms with E-state index in [0.717, 1.165) is 29.7 Å². The van der Waals surface area contributed by atoms with Gasteiger partial charge in [-0.05, 0) is 41.8 Å². The van der Waals surface area contributed by atoms with E-state index in [9.17, 15) is 9.59 Å². The monoisotopic (exact) mass is 420 g/mol. The summed E-state index contributed by atoms with van der Waals surface area (Å²) in [7, 11) is 0. The van der Waals surface area contributed by atoms with Crippen LogP contribution in [0, 0.1) is 5.41 Å². The number of aromatic nitrogens is 3. The van der Waals surface area contributed by atoms with Gasteiger partial charge in [0.2, 0.25) is 5.91 Å². The highest BCUT2D eigenvalue weighted by Crippen LogP contribution is 2.40. The third-order valence-electron chi connectivity index (χ3n) is 5.33. The highest BCUT2D eigenvalue weighted by Gasteiger charge is 2.34. The molecule has 1 unspecified atom stereocenters. The zero-order chi connectivity index (χ0) is 21.1. The molecule has 1 N–H and O–H groups in total. The van der Waals surface area contributed by atoms with Crippen molar-refractivity contribution in [2.24, 2.45) is 5.41 Å². The normalized spacial score (nSPS) is 17.2. The van der Waals surface area contributed by atoms with Crippen molar-refractivity contribution >= 4 is 23.0 Å². The summed E-state index contributed by atoms with van der Waals surface area (Å²) in [5, 5.41) is 4.98. The zero-order valence-corrected chi connectivity index (χ0v) is 17.9. The summed E-state index contributed by atoms with van der Waals surface area (Å²) >= 11 is 1.41. The van der Waals surface area contributed by atoms with E-state index < -0.39 is 0 Å². The van der Waals surface area contributed by atoms with Crippen LogP contribution in [0.5, 0.6) is 0 Å². The van der Waals surface area contributed by atoms with E-state index in [0.29, 0.717) is 10.7 Å². The number of Topliss-reactive ketones (excluding diaryl/α,β-unsaturated/α-hetero) is 1. The van der Waals surface area contributed by atoms with Gasteiger partial charge in [0.25, 0.3) is 0 Å². The number of rotatable bonds is 6. The molecule has 1 amide bonds. The third-order valence-corrected chi connectivity index (χ3v) is 6.24. The molecule has 0 fully saturated rings. The van der Waals surface area contributed by atoms with E-state index in [4.69, 9.17) is 4.98 Å². The van der Waals surface area contributed by atoms with Crippen LogP contribution in [-0.4, -0.2) is 26.6 Å². The Kier molecular flexibility index (Phi) is 5.72. The van der Waals surface area contributed by atoms with Gasteiger partial charge in [-0.25, -0.2) is 9.97 Å². The molecule has 0 spiro atoms. The van der Waals surface area contributed by atoms with Crippen molar-refractivity contribution in [2.75, 3.05) is 0 Å². The van der Waals surface area contributed by atoms with Crippen molar-refractivity contribution in [3.05, 3.63) is 64.4 Å². The van der Waals surface area contributed by atoms with Gasteiger partial charge in [0, 0.05) is 42.6 Å². The molecule has 3 aromatic heterocycles. The Morgan fingerprint density at radius 2 is 2.00 bits per heavy atom. The Bertz CT molecular complexity index is 1050. The fraction of sp³-hybridized carbons (Fsp3) is 0.348. The Hall–Kier alpha value is -2.93. The molecule has 3 heterocycles. The molecular weight excluding hydrogens is 396 g/mol. The second kappa shape index (κ2) is 8.44. The molecule has 3 aromatic rings. The molecule has 4 rings (SSSR count). The molecule has 7 heteroatoms. The predicted molar refractivity (Wildman–Crippen MR) is 116 cm³/mol. The SMILES string of the molecule is CC1(C)Cc2nc(-c3ccncc3)ncc2C(NC(=O)CCC(=O)c2cccs2)C1. The van der Waals surface area contributed by atoms with Crippen molar-refractivity contribution in [2.45, 2.75) is 45.6 Å². The summed E-state index contributed by atoms with van der Waals surface area (Å²) in [6.45, 7) is 4.37. The fourth-order valence-electron chi connectivity index (χ4n) is 3.87. The summed E-state index contributed by atoms with van der Waals surface area (Å²) in [5.74, 6) is 0.557. The van der Waals surface area contributed by atoms with Crippen molar-refractivity contribution in [3.8, 4) is 11.4 Å². The van der Waals surface area contributed by atoms with Crippen molar-refractivity contribution in [3.63, 3.8) is 0 Å². The molecule has 0 saturated carbocycles. The number of hydrogen-bond donors (Lipinski definition) is 1. The Labute approximate surface area is 179 Å². The van der Waals surface area contributed by atoms with E-state index in [1.165, 1.54) is 11.3 Å². The van der Waals surface area contributed by atoms with Gasteiger partial charge in [-0.1, -0.05) is 19.9 Å². The maximum Gasteiger partial charge on any atom is 0.220 e. The van der Waals surface area contributed by atoms with E-state index in [1.807, 2.05) is 29.8 Å². The first kappa shape index (κ1) is 20.3. The summed E-state index contributed by atoms with van der Waals surface area (Å²) < 4.78 is 0. The maximum atomic E-state index is 12.6. The minimum absolute atomic E-state index is 0.00159. The van der Waals surface area contributed by atoms with Crippen LogP contribution in [-0.2, 0) is 11.2 Å². The highest BCUT2D eigenvalue weighted by atomic mass is 32.1. The average Bonchev–Trinajstić information content (AvgIpc) is 3.26. The van der Waals surface area contributed by atoms with Gasteiger partial charge in [-0.15, -0.1) is 11.3 Å². The minimum atomic E-state index is -0.153. The van der Waals surface area contributed by atoms with Gasteiger partial charge in [0.15, 0.2) is 11.6 Å². The molecule has 0 saturated heterocycles. The number of hydrogen-bond acceptors (Lipinski definition) is 6. The molecule has 6 nitrogen and oxygen atoms in total. The number of thiophene rings is 1. The molecule has 0 bridgehead atoms. The van der Waals surface area contributed by atoms with Crippen LogP contribution in [0.2, 0.25) is 0 Å². The fourth-order valence-corrected chi connectivity index (χ4v) is 4.56. The lowest BCUT2D eigenvalue weighted by atomic mass is 9.74. The Morgan fingerprint density at radius 1 is 1.20 bits per heavy atom. The van der Waals surface area contributed by atoms with Crippen LogP contribution in [0.3, 0.4) is 0 Å². The number of nitrogens with zero attached hydrogens (tertiary/aromatic N) is 3. The largest absolute Gasteiger partial charge is 0.349 e. The van der Waals surface area contributed by atoms with Gasteiger partial charge < -0.3 is 5.32 Å². The number of nitrogens with one attached hydrogen (secondary N) is 1. The topological polar surface area (TPSA) is 84.8 Å². The number of pyridine rings is 1. The Balaban J connectivity index is 1.49. The molecule has 0 aliphatic heterocycles. The molecular formula is C23H24N4O2S. The van der Waals surface area contributed by atoms with E-state index >= 15 is 0 Å². The van der Waals surface area contributed by atoms with E-state index in [-0.39, 0.29) is 36.0 Å². The van der Waals surface area contributed by atoms with Crippen LogP contribution >= 0.6 is 11.3 Å². The number of ketones is 1. The van der Waals surface area contributed by atoms with Crippen LogP contribution in [0.4, 0.5) is 0 Å². The molecule has 0 aromatic carbocycles. The average molecular weight is 421 g/mol. The van der Waals surface area contributed by atoms with Gasteiger partial charge >= 0.3 is 0 Å².